The molecule has 0 aromatic carbocycles. The fraction of sp³-hybridized carbons (Fsp3) is 0.615. The number of aliphatic hydroxyl groups is 1. The molecule has 2 fully saturated rings. The van der Waals surface area contributed by atoms with Crippen LogP contribution in [0, 0.1) is 0 Å². The van der Waals surface area contributed by atoms with Crippen LogP contribution in [0.2, 0.25) is 5.02 Å². The summed E-state index contributed by atoms with van der Waals surface area (Å²) >= 11 is 7.46. The molecule has 2 aliphatic heterocycles. The van der Waals surface area contributed by atoms with Gasteiger partial charge in [-0.05, 0) is 31.9 Å². The van der Waals surface area contributed by atoms with Crippen molar-refractivity contribution in [1.82, 2.24) is 14.9 Å². The van der Waals surface area contributed by atoms with Crippen LogP contribution in [0.1, 0.15) is 36.2 Å². The zero-order valence-electron chi connectivity index (χ0n) is 11.1. The van der Waals surface area contributed by atoms with Gasteiger partial charge in [0, 0.05) is 12.1 Å². The lowest BCUT2D eigenvalue weighted by molar-refractivity contribution is 0.0282. The lowest BCUT2D eigenvalue weighted by Gasteiger charge is -2.37. The van der Waals surface area contributed by atoms with Gasteiger partial charge < -0.3 is 10.0 Å². The minimum absolute atomic E-state index is 0.111. The van der Waals surface area contributed by atoms with E-state index in [9.17, 15) is 9.90 Å². The summed E-state index contributed by atoms with van der Waals surface area (Å²) in [6.07, 6.45) is 6.25. The molecular formula is C13H16ClN3O2S. The number of aromatic nitrogens is 2. The number of carbonyl (C=O) groups is 1. The third kappa shape index (κ3) is 2.40. The van der Waals surface area contributed by atoms with Crippen LogP contribution >= 0.6 is 23.4 Å². The van der Waals surface area contributed by atoms with Crippen LogP contribution in [0.4, 0.5) is 0 Å². The first-order chi connectivity index (χ1) is 9.60. The van der Waals surface area contributed by atoms with Crippen LogP contribution in [0.25, 0.3) is 0 Å². The Morgan fingerprint density at radius 2 is 2.10 bits per heavy atom. The predicted octanol–water partition coefficient (Wildman–Crippen LogP) is 1.98. The Hall–Kier alpha value is -0.850. The van der Waals surface area contributed by atoms with E-state index < -0.39 is 0 Å². The van der Waals surface area contributed by atoms with Crippen LogP contribution in [0.5, 0.6) is 0 Å². The first-order valence-electron chi connectivity index (χ1n) is 6.67. The van der Waals surface area contributed by atoms with E-state index in [1.165, 1.54) is 18.0 Å². The van der Waals surface area contributed by atoms with Crippen LogP contribution in [0.3, 0.4) is 0 Å². The monoisotopic (exact) mass is 313 g/mol. The number of fused-ring (bicyclic) bond motifs is 2. The van der Waals surface area contributed by atoms with E-state index in [1.807, 2.05) is 11.2 Å². The van der Waals surface area contributed by atoms with Crippen LogP contribution in [-0.4, -0.2) is 50.3 Å². The highest BCUT2D eigenvalue weighted by molar-refractivity contribution is 7.98. The molecule has 0 radical (unpaired) electrons. The molecule has 0 aliphatic carbocycles. The highest BCUT2D eigenvalue weighted by Gasteiger charge is 2.43. The van der Waals surface area contributed by atoms with Gasteiger partial charge in [-0.2, -0.15) is 0 Å². The Bertz CT molecular complexity index is 528. The fourth-order valence-electron chi connectivity index (χ4n) is 3.20. The summed E-state index contributed by atoms with van der Waals surface area (Å²) < 4.78 is 0. The molecule has 2 atom stereocenters. The van der Waals surface area contributed by atoms with Gasteiger partial charge in [0.1, 0.15) is 0 Å². The number of piperidine rings is 1. The van der Waals surface area contributed by atoms with Gasteiger partial charge in [-0.3, -0.25) is 4.79 Å². The van der Waals surface area contributed by atoms with Gasteiger partial charge in [0.2, 0.25) is 0 Å². The SMILES string of the molecule is CSc1ncc(Cl)c(C(=O)N2C3CCC2CC(O)C3)n1. The second-order valence-electron chi connectivity index (χ2n) is 5.28. The molecule has 108 valence electrons. The summed E-state index contributed by atoms with van der Waals surface area (Å²) in [5.41, 5.74) is 0.277. The molecule has 2 bridgehead atoms. The van der Waals surface area contributed by atoms with Crippen molar-refractivity contribution < 1.29 is 9.90 Å². The number of carbonyl (C=O) groups excluding carboxylic acids is 1. The Morgan fingerprint density at radius 1 is 1.45 bits per heavy atom. The second-order valence-corrected chi connectivity index (χ2v) is 6.46. The zero-order chi connectivity index (χ0) is 14.3. The third-order valence-electron chi connectivity index (χ3n) is 4.05. The Balaban J connectivity index is 1.90. The van der Waals surface area contributed by atoms with E-state index >= 15 is 0 Å². The van der Waals surface area contributed by atoms with Crippen molar-refractivity contribution in [1.29, 1.82) is 0 Å². The maximum absolute atomic E-state index is 12.7. The summed E-state index contributed by atoms with van der Waals surface area (Å²) in [7, 11) is 0. The largest absolute Gasteiger partial charge is 0.393 e. The Kier molecular flexibility index (Phi) is 3.88. The average Bonchev–Trinajstić information content (AvgIpc) is 2.71. The molecule has 1 amide bonds. The normalized spacial score (nSPS) is 28.8. The smallest absolute Gasteiger partial charge is 0.274 e. The van der Waals surface area contributed by atoms with Crippen molar-refractivity contribution >= 4 is 29.3 Å². The molecule has 2 saturated heterocycles. The maximum Gasteiger partial charge on any atom is 0.274 e. The first-order valence-corrected chi connectivity index (χ1v) is 8.27. The van der Waals surface area contributed by atoms with E-state index in [-0.39, 0.29) is 29.8 Å². The van der Waals surface area contributed by atoms with Gasteiger partial charge in [-0.1, -0.05) is 23.4 Å². The van der Waals surface area contributed by atoms with Crippen molar-refractivity contribution in [2.24, 2.45) is 0 Å². The molecule has 7 heteroatoms. The Labute approximate surface area is 126 Å². The maximum atomic E-state index is 12.7. The average molecular weight is 314 g/mol. The number of aliphatic hydroxyl groups excluding tert-OH is 1. The lowest BCUT2D eigenvalue weighted by Crippen LogP contribution is -2.48. The molecular weight excluding hydrogens is 298 g/mol. The molecule has 1 N–H and O–H groups in total. The summed E-state index contributed by atoms with van der Waals surface area (Å²) in [5, 5.41) is 10.6. The van der Waals surface area contributed by atoms with E-state index in [0.29, 0.717) is 23.0 Å². The number of hydrogen-bond donors (Lipinski definition) is 1. The zero-order valence-corrected chi connectivity index (χ0v) is 12.7. The minimum atomic E-state index is -0.292. The van der Waals surface area contributed by atoms with Gasteiger partial charge in [0.05, 0.1) is 17.3 Å². The summed E-state index contributed by atoms with van der Waals surface area (Å²) in [5.74, 6) is -0.132. The third-order valence-corrected chi connectivity index (χ3v) is 4.89. The van der Waals surface area contributed by atoms with Gasteiger partial charge in [0.25, 0.3) is 5.91 Å². The molecule has 3 heterocycles. The number of hydrogen-bond acceptors (Lipinski definition) is 5. The van der Waals surface area contributed by atoms with Crippen molar-refractivity contribution in [3.63, 3.8) is 0 Å². The number of halogens is 1. The number of nitrogens with zero attached hydrogens (tertiary/aromatic N) is 3. The van der Waals surface area contributed by atoms with Gasteiger partial charge >= 0.3 is 0 Å². The molecule has 20 heavy (non-hydrogen) atoms. The molecule has 2 unspecified atom stereocenters. The number of thioether (sulfide) groups is 1. The van der Waals surface area contributed by atoms with E-state index in [2.05, 4.69) is 9.97 Å². The highest BCUT2D eigenvalue weighted by Crippen LogP contribution is 2.37. The first kappa shape index (κ1) is 14.1. The predicted molar refractivity (Wildman–Crippen MR) is 77.0 cm³/mol. The van der Waals surface area contributed by atoms with Gasteiger partial charge in [-0.15, -0.1) is 0 Å². The van der Waals surface area contributed by atoms with Crippen molar-refractivity contribution in [3.8, 4) is 0 Å². The highest BCUT2D eigenvalue weighted by atomic mass is 35.5. The number of amides is 1. The molecule has 0 spiro atoms. The molecule has 1 aromatic rings. The summed E-state index contributed by atoms with van der Waals surface area (Å²) in [6, 6.07) is 0.222. The van der Waals surface area contributed by atoms with Crippen molar-refractivity contribution in [2.75, 3.05) is 6.26 Å². The van der Waals surface area contributed by atoms with E-state index in [0.717, 1.165) is 12.8 Å². The molecule has 5 nitrogen and oxygen atoms in total. The van der Waals surface area contributed by atoms with Crippen LogP contribution in [0.15, 0.2) is 11.4 Å². The van der Waals surface area contributed by atoms with Crippen molar-refractivity contribution in [2.45, 2.75) is 49.0 Å². The van der Waals surface area contributed by atoms with E-state index in [1.54, 1.807) is 0 Å². The lowest BCUT2D eigenvalue weighted by atomic mass is 9.99. The van der Waals surface area contributed by atoms with Crippen LogP contribution in [-0.2, 0) is 0 Å². The summed E-state index contributed by atoms with van der Waals surface area (Å²) in [4.78, 5) is 22.9. The molecule has 1 aromatic heterocycles. The van der Waals surface area contributed by atoms with Gasteiger partial charge in [0.15, 0.2) is 10.9 Å². The molecule has 2 aliphatic rings. The van der Waals surface area contributed by atoms with Crippen LogP contribution < -0.4 is 0 Å². The fourth-order valence-corrected chi connectivity index (χ4v) is 3.71. The van der Waals surface area contributed by atoms with E-state index in [4.69, 9.17) is 11.6 Å². The molecule has 0 saturated carbocycles. The topological polar surface area (TPSA) is 66.3 Å². The quantitative estimate of drug-likeness (QED) is 0.668. The second kappa shape index (κ2) is 5.50. The van der Waals surface area contributed by atoms with Crippen molar-refractivity contribution in [3.05, 3.63) is 16.9 Å². The molecule has 3 rings (SSSR count). The minimum Gasteiger partial charge on any atom is -0.393 e. The standard InChI is InChI=1S/C13H16ClN3O2S/c1-20-13-15-6-10(14)11(16-13)12(19)17-7-2-3-8(17)5-9(18)4-7/h6-9,18H,2-5H2,1H3. The number of rotatable bonds is 2. The van der Waals surface area contributed by atoms with Gasteiger partial charge in [-0.25, -0.2) is 9.97 Å². The summed E-state index contributed by atoms with van der Waals surface area (Å²) in [6.45, 7) is 0. The Morgan fingerprint density at radius 3 is 2.70 bits per heavy atom.